The van der Waals surface area contributed by atoms with E-state index in [1.807, 2.05) is 11.5 Å². The van der Waals surface area contributed by atoms with Crippen molar-refractivity contribution in [2.45, 2.75) is 51.9 Å². The third kappa shape index (κ3) is 3.31. The van der Waals surface area contributed by atoms with Crippen LogP contribution >= 0.6 is 0 Å². The molecule has 0 aliphatic carbocycles. The van der Waals surface area contributed by atoms with Gasteiger partial charge >= 0.3 is 0 Å². The maximum absolute atomic E-state index is 7.03. The molecule has 1 fully saturated rings. The van der Waals surface area contributed by atoms with Crippen LogP contribution in [0.1, 0.15) is 44.5 Å². The van der Waals surface area contributed by atoms with E-state index < -0.39 is 0 Å². The summed E-state index contributed by atoms with van der Waals surface area (Å²) < 4.78 is 8.05. The van der Waals surface area contributed by atoms with Crippen molar-refractivity contribution < 1.29 is 4.74 Å². The summed E-state index contributed by atoms with van der Waals surface area (Å²) in [5.74, 6) is 0.632. The van der Waals surface area contributed by atoms with Crippen molar-refractivity contribution in [3.05, 3.63) is 12.0 Å². The van der Waals surface area contributed by atoms with E-state index in [0.717, 1.165) is 49.1 Å². The van der Waals surface area contributed by atoms with Crippen molar-refractivity contribution in [1.29, 1.82) is 5.53 Å². The molecular weight excluding hydrogens is 294 g/mol. The van der Waals surface area contributed by atoms with Crippen LogP contribution in [0.5, 0.6) is 0 Å². The van der Waals surface area contributed by atoms with Crippen molar-refractivity contribution in [3.8, 4) is 0 Å². The molecule has 1 saturated heterocycles. The first kappa shape index (κ1) is 15.8. The van der Waals surface area contributed by atoms with Gasteiger partial charge in [-0.25, -0.2) is 15.5 Å². The third-order valence-corrected chi connectivity index (χ3v) is 4.06. The molecule has 0 spiro atoms. The van der Waals surface area contributed by atoms with Gasteiger partial charge in [-0.3, -0.25) is 4.57 Å². The number of rotatable bonds is 6. The normalized spacial score (nSPS) is 21.5. The smallest absolute Gasteiger partial charge is 0.225 e. The van der Waals surface area contributed by atoms with Gasteiger partial charge in [0.15, 0.2) is 5.65 Å². The van der Waals surface area contributed by atoms with Crippen LogP contribution in [0.3, 0.4) is 0 Å². The molecule has 0 aromatic carbocycles. The SMILES string of the molecule is CCCNc1nc(C)c2ncn(C3CCCC(CN=N)O3)c2n1. The van der Waals surface area contributed by atoms with Crippen LogP contribution < -0.4 is 5.32 Å². The number of hydrogen-bond acceptors (Lipinski definition) is 7. The van der Waals surface area contributed by atoms with Gasteiger partial charge in [0, 0.05) is 6.54 Å². The second-order valence-electron chi connectivity index (χ2n) is 5.87. The van der Waals surface area contributed by atoms with Gasteiger partial charge in [0.05, 0.1) is 24.7 Å². The summed E-state index contributed by atoms with van der Waals surface area (Å²) in [6.07, 6.45) is 5.61. The molecular formula is C15H23N7O. The Labute approximate surface area is 135 Å². The fourth-order valence-corrected chi connectivity index (χ4v) is 2.90. The molecule has 1 aliphatic rings. The molecule has 2 atom stereocenters. The molecule has 2 aromatic heterocycles. The van der Waals surface area contributed by atoms with Crippen LogP contribution in [0.2, 0.25) is 0 Å². The number of hydrogen-bond donors (Lipinski definition) is 2. The van der Waals surface area contributed by atoms with E-state index in [4.69, 9.17) is 10.3 Å². The van der Waals surface area contributed by atoms with Crippen molar-refractivity contribution >= 4 is 17.1 Å². The van der Waals surface area contributed by atoms with E-state index in [9.17, 15) is 0 Å². The van der Waals surface area contributed by atoms with E-state index in [1.165, 1.54) is 0 Å². The molecule has 0 amide bonds. The molecule has 23 heavy (non-hydrogen) atoms. The number of anilines is 1. The lowest BCUT2D eigenvalue weighted by atomic mass is 10.1. The second kappa shape index (κ2) is 6.99. The summed E-state index contributed by atoms with van der Waals surface area (Å²) in [6, 6.07) is 0. The molecule has 0 radical (unpaired) electrons. The van der Waals surface area contributed by atoms with Gasteiger partial charge in [0.2, 0.25) is 5.95 Å². The molecule has 8 heteroatoms. The van der Waals surface area contributed by atoms with Gasteiger partial charge in [-0.05, 0) is 32.6 Å². The number of nitrogens with zero attached hydrogens (tertiary/aromatic N) is 5. The Balaban J connectivity index is 1.91. The minimum absolute atomic E-state index is 0.00400. The molecule has 124 valence electrons. The zero-order chi connectivity index (χ0) is 16.2. The van der Waals surface area contributed by atoms with Crippen LogP contribution in [-0.4, -0.2) is 38.7 Å². The average Bonchev–Trinajstić information content (AvgIpc) is 2.98. The number of aromatic nitrogens is 4. The summed E-state index contributed by atoms with van der Waals surface area (Å²) in [6.45, 7) is 5.31. The van der Waals surface area contributed by atoms with Gasteiger partial charge in [-0.15, -0.1) is 0 Å². The second-order valence-corrected chi connectivity index (χ2v) is 5.87. The van der Waals surface area contributed by atoms with Gasteiger partial charge < -0.3 is 10.1 Å². The zero-order valence-corrected chi connectivity index (χ0v) is 13.6. The fourth-order valence-electron chi connectivity index (χ4n) is 2.90. The highest BCUT2D eigenvalue weighted by atomic mass is 16.5. The van der Waals surface area contributed by atoms with Gasteiger partial charge in [0.1, 0.15) is 11.7 Å². The molecule has 2 unspecified atom stereocenters. The van der Waals surface area contributed by atoms with Crippen LogP contribution in [0.25, 0.3) is 11.2 Å². The predicted octanol–water partition coefficient (Wildman–Crippen LogP) is 3.06. The molecule has 3 rings (SSSR count). The first-order chi connectivity index (χ1) is 11.2. The minimum Gasteiger partial charge on any atom is -0.354 e. The minimum atomic E-state index is -0.103. The fraction of sp³-hybridized carbons (Fsp3) is 0.667. The lowest BCUT2D eigenvalue weighted by molar-refractivity contribution is -0.0832. The highest BCUT2D eigenvalue weighted by Gasteiger charge is 2.25. The Bertz CT molecular complexity index is 684. The Morgan fingerprint density at radius 1 is 1.43 bits per heavy atom. The monoisotopic (exact) mass is 317 g/mol. The number of aryl methyl sites for hydroxylation is 1. The van der Waals surface area contributed by atoms with Crippen molar-refractivity contribution in [2.75, 3.05) is 18.4 Å². The maximum Gasteiger partial charge on any atom is 0.225 e. The van der Waals surface area contributed by atoms with Gasteiger partial charge in [0.25, 0.3) is 0 Å². The summed E-state index contributed by atoms with van der Waals surface area (Å²) in [5.41, 5.74) is 9.49. The van der Waals surface area contributed by atoms with Crippen LogP contribution in [0, 0.1) is 12.5 Å². The number of imidazole rings is 1. The largest absolute Gasteiger partial charge is 0.354 e. The van der Waals surface area contributed by atoms with Gasteiger partial charge in [-0.1, -0.05) is 6.92 Å². The maximum atomic E-state index is 7.03. The van der Waals surface area contributed by atoms with E-state index >= 15 is 0 Å². The van der Waals surface area contributed by atoms with E-state index in [2.05, 4.69) is 32.3 Å². The van der Waals surface area contributed by atoms with E-state index in [1.54, 1.807) is 6.33 Å². The Morgan fingerprint density at radius 2 is 2.30 bits per heavy atom. The lowest BCUT2D eigenvalue weighted by Crippen LogP contribution is -2.28. The highest BCUT2D eigenvalue weighted by molar-refractivity contribution is 5.74. The molecule has 8 nitrogen and oxygen atoms in total. The summed E-state index contributed by atoms with van der Waals surface area (Å²) in [5, 5.41) is 6.70. The van der Waals surface area contributed by atoms with Crippen molar-refractivity contribution in [3.63, 3.8) is 0 Å². The lowest BCUT2D eigenvalue weighted by Gasteiger charge is -2.29. The third-order valence-electron chi connectivity index (χ3n) is 4.06. The number of ether oxygens (including phenoxy) is 1. The molecule has 0 saturated carbocycles. The first-order valence-corrected chi connectivity index (χ1v) is 8.16. The van der Waals surface area contributed by atoms with Crippen LogP contribution in [0.4, 0.5) is 5.95 Å². The summed E-state index contributed by atoms with van der Waals surface area (Å²) >= 11 is 0. The van der Waals surface area contributed by atoms with E-state index in [0.29, 0.717) is 12.5 Å². The van der Waals surface area contributed by atoms with Crippen molar-refractivity contribution in [2.24, 2.45) is 5.11 Å². The average molecular weight is 317 g/mol. The standard InChI is InChI=1S/C15H23N7O/c1-3-7-17-15-20-10(2)13-14(21-15)22(9-18-13)12-6-4-5-11(23-12)8-19-16/h9,11-12,16H,3-8H2,1-2H3,(H,17,20,21). The molecule has 1 aliphatic heterocycles. The highest BCUT2D eigenvalue weighted by Crippen LogP contribution is 2.30. The number of nitrogens with one attached hydrogen (secondary N) is 2. The van der Waals surface area contributed by atoms with Crippen LogP contribution in [0.15, 0.2) is 11.4 Å². The Kier molecular flexibility index (Phi) is 4.80. The molecule has 3 heterocycles. The molecule has 0 bridgehead atoms. The Morgan fingerprint density at radius 3 is 3.09 bits per heavy atom. The van der Waals surface area contributed by atoms with Crippen LogP contribution in [-0.2, 0) is 4.74 Å². The zero-order valence-electron chi connectivity index (χ0n) is 13.6. The molecule has 2 aromatic rings. The van der Waals surface area contributed by atoms with Gasteiger partial charge in [-0.2, -0.15) is 10.1 Å². The Hall–Kier alpha value is -2.09. The molecule has 2 N–H and O–H groups in total. The van der Waals surface area contributed by atoms with Crippen molar-refractivity contribution in [1.82, 2.24) is 19.5 Å². The predicted molar refractivity (Wildman–Crippen MR) is 86.6 cm³/mol. The quantitative estimate of drug-likeness (QED) is 0.797. The number of fused-ring (bicyclic) bond motifs is 1. The first-order valence-electron chi connectivity index (χ1n) is 8.16. The summed E-state index contributed by atoms with van der Waals surface area (Å²) in [4.78, 5) is 13.5. The summed E-state index contributed by atoms with van der Waals surface area (Å²) in [7, 11) is 0. The van der Waals surface area contributed by atoms with E-state index in [-0.39, 0.29) is 12.3 Å². The topological polar surface area (TPSA) is 101 Å².